The molecular weight excluding hydrogens is 349 g/mol. The Morgan fingerprint density at radius 2 is 1.79 bits per heavy atom. The first kappa shape index (κ1) is 14.3. The van der Waals surface area contributed by atoms with E-state index >= 15 is 0 Å². The Hall–Kier alpha value is -1.07. The molecule has 2 rings (SSSR count). The van der Waals surface area contributed by atoms with Crippen LogP contribution in [0.5, 0.6) is 11.5 Å². The van der Waals surface area contributed by atoms with Crippen molar-refractivity contribution in [1.29, 1.82) is 0 Å². The average molecular weight is 367 g/mol. The maximum atomic E-state index is 5.81. The van der Waals surface area contributed by atoms with Crippen LogP contribution in [0.4, 0.5) is 0 Å². The zero-order chi connectivity index (χ0) is 13.7. The largest absolute Gasteiger partial charge is 0.457 e. The Morgan fingerprint density at radius 3 is 2.42 bits per heavy atom. The summed E-state index contributed by atoms with van der Waals surface area (Å²) in [6.07, 6.45) is 0. The predicted molar refractivity (Wildman–Crippen MR) is 87.7 cm³/mol. The molecule has 0 unspecified atom stereocenters. The number of halogens is 1. The zero-order valence-electron chi connectivity index (χ0n) is 11.2. The van der Waals surface area contributed by atoms with Crippen LogP contribution in [0.3, 0.4) is 0 Å². The number of ether oxygens (including phenoxy) is 1. The van der Waals surface area contributed by atoms with Gasteiger partial charge in [-0.25, -0.2) is 0 Å². The molecule has 0 bridgehead atoms. The van der Waals surface area contributed by atoms with Crippen molar-refractivity contribution in [3.8, 4) is 11.5 Å². The summed E-state index contributed by atoms with van der Waals surface area (Å²) < 4.78 is 6.99. The van der Waals surface area contributed by atoms with Gasteiger partial charge in [0, 0.05) is 16.2 Å². The van der Waals surface area contributed by atoms with Crippen LogP contribution in [0.1, 0.15) is 19.4 Å². The van der Waals surface area contributed by atoms with Crippen LogP contribution >= 0.6 is 22.6 Å². The molecule has 0 saturated carbocycles. The van der Waals surface area contributed by atoms with Crippen LogP contribution in [0.15, 0.2) is 48.5 Å². The summed E-state index contributed by atoms with van der Waals surface area (Å²) in [5, 5.41) is 3.40. The fourth-order valence-electron chi connectivity index (χ4n) is 1.66. The van der Waals surface area contributed by atoms with Crippen LogP contribution in [0, 0.1) is 3.57 Å². The molecule has 0 saturated heterocycles. The van der Waals surface area contributed by atoms with Gasteiger partial charge in [0.15, 0.2) is 0 Å². The topological polar surface area (TPSA) is 21.3 Å². The first-order chi connectivity index (χ1) is 9.13. The summed E-state index contributed by atoms with van der Waals surface area (Å²) in [5.74, 6) is 1.75. The highest BCUT2D eigenvalue weighted by atomic mass is 127. The van der Waals surface area contributed by atoms with Gasteiger partial charge in [-0.2, -0.15) is 0 Å². The number of rotatable bonds is 5. The molecule has 0 radical (unpaired) electrons. The SMILES string of the molecule is CC(C)NCc1ccc(Oc2cccc(I)c2)cc1. The third-order valence-corrected chi connectivity index (χ3v) is 3.34. The standard InChI is InChI=1S/C16H18INO/c1-12(2)18-11-13-6-8-15(9-7-13)19-16-5-3-4-14(17)10-16/h3-10,12,18H,11H2,1-2H3. The molecule has 0 fully saturated rings. The molecule has 0 spiro atoms. The van der Waals surface area contributed by atoms with Gasteiger partial charge in [-0.05, 0) is 58.5 Å². The quantitative estimate of drug-likeness (QED) is 0.781. The molecule has 2 aromatic rings. The number of hydrogen-bond acceptors (Lipinski definition) is 2. The Balaban J connectivity index is 1.98. The third kappa shape index (κ3) is 4.84. The molecule has 0 atom stereocenters. The number of nitrogens with one attached hydrogen (secondary N) is 1. The summed E-state index contributed by atoms with van der Waals surface area (Å²) >= 11 is 2.28. The summed E-state index contributed by atoms with van der Waals surface area (Å²) in [6.45, 7) is 5.18. The molecule has 19 heavy (non-hydrogen) atoms. The van der Waals surface area contributed by atoms with Gasteiger partial charge in [-0.1, -0.05) is 32.0 Å². The predicted octanol–water partition coefficient (Wildman–Crippen LogP) is 4.58. The average Bonchev–Trinajstić information content (AvgIpc) is 2.38. The molecule has 3 heteroatoms. The van der Waals surface area contributed by atoms with Crippen molar-refractivity contribution in [3.05, 3.63) is 57.7 Å². The minimum absolute atomic E-state index is 0.502. The van der Waals surface area contributed by atoms with E-state index < -0.39 is 0 Å². The Kier molecular flexibility index (Phi) is 5.22. The van der Waals surface area contributed by atoms with Crippen molar-refractivity contribution in [1.82, 2.24) is 5.32 Å². The lowest BCUT2D eigenvalue weighted by atomic mass is 10.2. The van der Waals surface area contributed by atoms with Gasteiger partial charge in [0.2, 0.25) is 0 Å². The van der Waals surface area contributed by atoms with E-state index in [9.17, 15) is 0 Å². The fraction of sp³-hybridized carbons (Fsp3) is 0.250. The molecule has 0 heterocycles. The van der Waals surface area contributed by atoms with E-state index in [1.807, 2.05) is 36.4 Å². The van der Waals surface area contributed by atoms with E-state index in [1.54, 1.807) is 0 Å². The minimum atomic E-state index is 0.502. The molecule has 0 amide bonds. The fourth-order valence-corrected chi connectivity index (χ4v) is 2.18. The molecule has 0 aliphatic carbocycles. The molecule has 2 nitrogen and oxygen atoms in total. The van der Waals surface area contributed by atoms with Crippen molar-refractivity contribution in [3.63, 3.8) is 0 Å². The monoisotopic (exact) mass is 367 g/mol. The molecule has 2 aromatic carbocycles. The Labute approximate surface area is 128 Å². The molecule has 1 N–H and O–H groups in total. The van der Waals surface area contributed by atoms with Gasteiger partial charge >= 0.3 is 0 Å². The van der Waals surface area contributed by atoms with E-state index in [4.69, 9.17) is 4.74 Å². The highest BCUT2D eigenvalue weighted by Gasteiger charge is 1.99. The Morgan fingerprint density at radius 1 is 1.05 bits per heavy atom. The second-order valence-electron chi connectivity index (χ2n) is 4.74. The van der Waals surface area contributed by atoms with Gasteiger partial charge in [-0.3, -0.25) is 0 Å². The first-order valence-electron chi connectivity index (χ1n) is 6.39. The van der Waals surface area contributed by atoms with Gasteiger partial charge < -0.3 is 10.1 Å². The van der Waals surface area contributed by atoms with E-state index in [0.717, 1.165) is 18.0 Å². The van der Waals surface area contributed by atoms with E-state index in [-0.39, 0.29) is 0 Å². The minimum Gasteiger partial charge on any atom is -0.457 e. The van der Waals surface area contributed by atoms with E-state index in [1.165, 1.54) is 9.13 Å². The van der Waals surface area contributed by atoms with Crippen molar-refractivity contribution in [2.45, 2.75) is 26.4 Å². The highest BCUT2D eigenvalue weighted by Crippen LogP contribution is 2.23. The third-order valence-electron chi connectivity index (χ3n) is 2.67. The van der Waals surface area contributed by atoms with Crippen LogP contribution < -0.4 is 10.1 Å². The molecule has 0 aliphatic heterocycles. The van der Waals surface area contributed by atoms with Gasteiger partial charge in [0.25, 0.3) is 0 Å². The van der Waals surface area contributed by atoms with Gasteiger partial charge in [0.1, 0.15) is 11.5 Å². The maximum absolute atomic E-state index is 5.81. The van der Waals surface area contributed by atoms with Crippen molar-refractivity contribution in [2.24, 2.45) is 0 Å². The molecule has 100 valence electrons. The van der Waals surface area contributed by atoms with E-state index in [2.05, 4.69) is 53.9 Å². The highest BCUT2D eigenvalue weighted by molar-refractivity contribution is 14.1. The molecule has 0 aromatic heterocycles. The molecule has 0 aliphatic rings. The number of hydrogen-bond donors (Lipinski definition) is 1. The van der Waals surface area contributed by atoms with Crippen molar-refractivity contribution < 1.29 is 4.74 Å². The Bertz CT molecular complexity index is 523. The summed E-state index contributed by atoms with van der Waals surface area (Å²) in [5.41, 5.74) is 1.27. The van der Waals surface area contributed by atoms with Crippen molar-refractivity contribution >= 4 is 22.6 Å². The van der Waals surface area contributed by atoms with Gasteiger partial charge in [0.05, 0.1) is 0 Å². The summed E-state index contributed by atoms with van der Waals surface area (Å²) in [7, 11) is 0. The van der Waals surface area contributed by atoms with Crippen LogP contribution in [-0.4, -0.2) is 6.04 Å². The number of benzene rings is 2. The zero-order valence-corrected chi connectivity index (χ0v) is 13.3. The lowest BCUT2D eigenvalue weighted by Crippen LogP contribution is -2.21. The maximum Gasteiger partial charge on any atom is 0.128 e. The molecular formula is C16H18INO. The van der Waals surface area contributed by atoms with E-state index in [0.29, 0.717) is 6.04 Å². The second-order valence-corrected chi connectivity index (χ2v) is 5.98. The van der Waals surface area contributed by atoms with Gasteiger partial charge in [-0.15, -0.1) is 0 Å². The first-order valence-corrected chi connectivity index (χ1v) is 7.47. The van der Waals surface area contributed by atoms with Crippen LogP contribution in [0.25, 0.3) is 0 Å². The lowest BCUT2D eigenvalue weighted by molar-refractivity contribution is 0.482. The van der Waals surface area contributed by atoms with Crippen molar-refractivity contribution in [2.75, 3.05) is 0 Å². The normalized spacial score (nSPS) is 10.7. The lowest BCUT2D eigenvalue weighted by Gasteiger charge is -2.09. The smallest absolute Gasteiger partial charge is 0.128 e. The summed E-state index contributed by atoms with van der Waals surface area (Å²) in [4.78, 5) is 0. The van der Waals surface area contributed by atoms with Crippen LogP contribution in [0.2, 0.25) is 0 Å². The summed E-state index contributed by atoms with van der Waals surface area (Å²) in [6, 6.07) is 16.8. The van der Waals surface area contributed by atoms with Crippen LogP contribution in [-0.2, 0) is 6.54 Å². The second kappa shape index (κ2) is 6.91.